The number of imidazole rings is 1. The first-order chi connectivity index (χ1) is 9.33. The van der Waals surface area contributed by atoms with Crippen molar-refractivity contribution >= 4 is 5.82 Å². The summed E-state index contributed by atoms with van der Waals surface area (Å²) in [5, 5.41) is 16.8. The van der Waals surface area contributed by atoms with Gasteiger partial charge in [-0.25, -0.2) is 9.97 Å². The highest BCUT2D eigenvalue weighted by molar-refractivity contribution is 5.40. The minimum atomic E-state index is 0.468. The highest BCUT2D eigenvalue weighted by Crippen LogP contribution is 2.11. The number of aryl methyl sites for hydroxylation is 1. The van der Waals surface area contributed by atoms with Crippen molar-refractivity contribution in [2.75, 3.05) is 5.32 Å². The summed E-state index contributed by atoms with van der Waals surface area (Å²) in [5.41, 5.74) is 0. The molecule has 0 aliphatic carbocycles. The van der Waals surface area contributed by atoms with Gasteiger partial charge in [0.2, 0.25) is 0 Å². The Hall–Kier alpha value is -2.77. The van der Waals surface area contributed by atoms with Crippen molar-refractivity contribution < 1.29 is 0 Å². The molecule has 2 N–H and O–H groups in total. The molecule has 8 nitrogen and oxygen atoms in total. The highest BCUT2D eigenvalue weighted by Gasteiger charge is 2.04. The first-order valence-electron chi connectivity index (χ1n) is 5.76. The Bertz CT molecular complexity index is 657. The molecule has 3 rings (SSSR count). The van der Waals surface area contributed by atoms with E-state index in [1.807, 2.05) is 35.9 Å². The van der Waals surface area contributed by atoms with Gasteiger partial charge in [0.05, 0.1) is 6.54 Å². The van der Waals surface area contributed by atoms with Gasteiger partial charge in [0.1, 0.15) is 17.5 Å². The molecule has 19 heavy (non-hydrogen) atoms. The summed E-state index contributed by atoms with van der Waals surface area (Å²) in [5.74, 6) is 3.04. The van der Waals surface area contributed by atoms with Crippen LogP contribution in [-0.2, 0) is 6.54 Å². The van der Waals surface area contributed by atoms with Gasteiger partial charge in [-0.2, -0.15) is 5.21 Å². The number of aromatic nitrogens is 7. The molecule has 0 radical (unpaired) electrons. The first-order valence-corrected chi connectivity index (χ1v) is 5.76. The van der Waals surface area contributed by atoms with Crippen molar-refractivity contribution in [3.05, 3.63) is 42.2 Å². The second-order valence-electron chi connectivity index (χ2n) is 3.91. The number of rotatable bonds is 4. The Morgan fingerprint density at radius 2 is 2.32 bits per heavy atom. The maximum absolute atomic E-state index is 4.50. The largest absolute Gasteiger partial charge is 0.363 e. The molecular formula is C11H12N8. The molecule has 3 aromatic heterocycles. The van der Waals surface area contributed by atoms with Crippen LogP contribution in [0.3, 0.4) is 0 Å². The summed E-state index contributed by atoms with van der Waals surface area (Å²) in [7, 11) is 0. The van der Waals surface area contributed by atoms with Crippen molar-refractivity contribution in [2.45, 2.75) is 13.5 Å². The minimum absolute atomic E-state index is 0.468. The molecule has 0 fully saturated rings. The number of nitrogens with one attached hydrogen (secondary N) is 2. The molecule has 0 spiro atoms. The zero-order valence-electron chi connectivity index (χ0n) is 10.3. The third kappa shape index (κ3) is 2.41. The first kappa shape index (κ1) is 11.3. The molecule has 3 aromatic rings. The van der Waals surface area contributed by atoms with E-state index in [4.69, 9.17) is 0 Å². The van der Waals surface area contributed by atoms with E-state index in [9.17, 15) is 0 Å². The second kappa shape index (κ2) is 4.84. The number of tetrazole rings is 1. The fourth-order valence-corrected chi connectivity index (χ4v) is 1.70. The Kier molecular flexibility index (Phi) is 2.89. The Morgan fingerprint density at radius 3 is 3.05 bits per heavy atom. The van der Waals surface area contributed by atoms with Crippen molar-refractivity contribution in [2.24, 2.45) is 0 Å². The average molecular weight is 256 g/mol. The van der Waals surface area contributed by atoms with E-state index >= 15 is 0 Å². The molecule has 0 atom stereocenters. The van der Waals surface area contributed by atoms with Crippen molar-refractivity contribution in [3.8, 4) is 5.82 Å². The number of hydrogen-bond donors (Lipinski definition) is 2. The zero-order chi connectivity index (χ0) is 13.1. The van der Waals surface area contributed by atoms with Crippen LogP contribution < -0.4 is 5.32 Å². The van der Waals surface area contributed by atoms with E-state index in [0.29, 0.717) is 12.4 Å². The van der Waals surface area contributed by atoms with Gasteiger partial charge in [-0.15, -0.1) is 10.2 Å². The number of H-pyrrole nitrogens is 1. The Morgan fingerprint density at radius 1 is 1.37 bits per heavy atom. The maximum atomic E-state index is 4.50. The van der Waals surface area contributed by atoms with E-state index in [1.54, 1.807) is 6.20 Å². The molecule has 8 heteroatoms. The second-order valence-corrected chi connectivity index (χ2v) is 3.91. The van der Waals surface area contributed by atoms with Crippen molar-refractivity contribution in [1.82, 2.24) is 35.2 Å². The van der Waals surface area contributed by atoms with Gasteiger partial charge in [0.15, 0.2) is 5.82 Å². The standard InChI is InChI=1S/C11H12N8/c1-8-12-5-6-19(8)11-4-2-3-9(14-11)13-7-10-15-17-18-16-10/h2-6H,7H2,1H3,(H,13,14)(H,15,16,17,18). The molecule has 0 saturated carbocycles. The van der Waals surface area contributed by atoms with E-state index in [0.717, 1.165) is 17.5 Å². The summed E-state index contributed by atoms with van der Waals surface area (Å²) >= 11 is 0. The number of hydrogen-bond acceptors (Lipinski definition) is 6. The SMILES string of the molecule is Cc1nccn1-c1cccc(NCc2nn[nH]n2)n1. The molecule has 0 aliphatic rings. The molecule has 0 saturated heterocycles. The summed E-state index contributed by atoms with van der Waals surface area (Å²) in [6.45, 7) is 2.40. The van der Waals surface area contributed by atoms with Gasteiger partial charge in [-0.3, -0.25) is 4.57 Å². The smallest absolute Gasteiger partial charge is 0.193 e. The predicted molar refractivity (Wildman–Crippen MR) is 67.6 cm³/mol. The number of pyridine rings is 1. The molecule has 0 bridgehead atoms. The van der Waals surface area contributed by atoms with Crippen molar-refractivity contribution in [3.63, 3.8) is 0 Å². The third-order valence-electron chi connectivity index (χ3n) is 2.62. The number of aromatic amines is 1. The lowest BCUT2D eigenvalue weighted by molar-refractivity contribution is 0.881. The van der Waals surface area contributed by atoms with Gasteiger partial charge < -0.3 is 5.32 Å². The molecular weight excluding hydrogens is 244 g/mol. The van der Waals surface area contributed by atoms with E-state index in [-0.39, 0.29) is 0 Å². The highest BCUT2D eigenvalue weighted by atomic mass is 15.5. The number of nitrogens with zero attached hydrogens (tertiary/aromatic N) is 6. The Labute approximate surface area is 108 Å². The van der Waals surface area contributed by atoms with Gasteiger partial charge in [0, 0.05) is 12.4 Å². The lowest BCUT2D eigenvalue weighted by Gasteiger charge is -2.07. The fraction of sp³-hybridized carbons (Fsp3) is 0.182. The molecule has 0 aliphatic heterocycles. The summed E-state index contributed by atoms with van der Waals surface area (Å²) in [6.07, 6.45) is 3.62. The Balaban J connectivity index is 1.78. The van der Waals surface area contributed by atoms with E-state index < -0.39 is 0 Å². The van der Waals surface area contributed by atoms with E-state index in [1.165, 1.54) is 0 Å². The molecule has 0 aromatic carbocycles. The quantitative estimate of drug-likeness (QED) is 0.713. The summed E-state index contributed by atoms with van der Waals surface area (Å²) in [6, 6.07) is 5.74. The van der Waals surface area contributed by atoms with Gasteiger partial charge in [-0.1, -0.05) is 11.3 Å². The maximum Gasteiger partial charge on any atom is 0.193 e. The van der Waals surface area contributed by atoms with Crippen molar-refractivity contribution in [1.29, 1.82) is 0 Å². The van der Waals surface area contributed by atoms with Gasteiger partial charge in [0.25, 0.3) is 0 Å². The predicted octanol–water partition coefficient (Wildman–Crippen LogP) is 0.701. The van der Waals surface area contributed by atoms with E-state index in [2.05, 4.69) is 35.9 Å². The summed E-state index contributed by atoms with van der Waals surface area (Å²) in [4.78, 5) is 8.68. The zero-order valence-corrected chi connectivity index (χ0v) is 10.3. The van der Waals surface area contributed by atoms with Gasteiger partial charge in [-0.05, 0) is 19.1 Å². The van der Waals surface area contributed by atoms with Crippen LogP contribution in [0.4, 0.5) is 5.82 Å². The minimum Gasteiger partial charge on any atom is -0.363 e. The molecule has 0 amide bonds. The van der Waals surface area contributed by atoms with Crippen LogP contribution in [-0.4, -0.2) is 35.2 Å². The van der Waals surface area contributed by atoms with Crippen LogP contribution in [0, 0.1) is 6.92 Å². The fourth-order valence-electron chi connectivity index (χ4n) is 1.70. The van der Waals surface area contributed by atoms with Crippen LogP contribution in [0.1, 0.15) is 11.6 Å². The summed E-state index contributed by atoms with van der Waals surface area (Å²) < 4.78 is 1.92. The normalized spacial score (nSPS) is 10.6. The van der Waals surface area contributed by atoms with Crippen LogP contribution in [0.5, 0.6) is 0 Å². The van der Waals surface area contributed by atoms with Crippen LogP contribution in [0.25, 0.3) is 5.82 Å². The molecule has 0 unspecified atom stereocenters. The topological polar surface area (TPSA) is 97.2 Å². The van der Waals surface area contributed by atoms with Crippen LogP contribution >= 0.6 is 0 Å². The monoisotopic (exact) mass is 256 g/mol. The average Bonchev–Trinajstić information content (AvgIpc) is 3.08. The number of anilines is 1. The lowest BCUT2D eigenvalue weighted by atomic mass is 10.4. The lowest BCUT2D eigenvalue weighted by Crippen LogP contribution is -2.05. The molecule has 96 valence electrons. The van der Waals surface area contributed by atoms with Crippen LogP contribution in [0.15, 0.2) is 30.6 Å². The van der Waals surface area contributed by atoms with Gasteiger partial charge >= 0.3 is 0 Å². The van der Waals surface area contributed by atoms with Crippen LogP contribution in [0.2, 0.25) is 0 Å². The third-order valence-corrected chi connectivity index (χ3v) is 2.62. The molecule has 3 heterocycles.